The Morgan fingerprint density at radius 2 is 0.543 bits per heavy atom. The summed E-state index contributed by atoms with van der Waals surface area (Å²) in [6.45, 7) is 5.90. The fourth-order valence-electron chi connectivity index (χ4n) is 13.5. The van der Waals surface area contributed by atoms with Crippen molar-refractivity contribution >= 4 is 84.9 Å². The molecule has 0 unspecified atom stereocenters. The van der Waals surface area contributed by atoms with Crippen LogP contribution in [0.3, 0.4) is 0 Å². The molecular formula is C97H87ClF4N18OS6. The molecule has 0 fully saturated rings. The Balaban J connectivity index is 0.000000131. The standard InChI is InChI=1S/C17H14F3N3S.C17H17N3OS.C17H17N3S.C16H14ClN3S.C16H15N3S.C14H10FN3S/c18-17(19,20)14-8-6-13(7-9-14)15-21-22-16(24)23(15)11-10-12-4-2-1-3-5-12;1-21-15-9-7-14(8-10-15)16-18-19-17(22)20(16)12-11-13-5-3-2-4-6-13;1-13-7-9-15(10-8-13)16-18-19-17(21)20(16)12-11-14-5-3-2-4-6-14;17-14-8-6-13(7-9-14)15-18-19-16(21)20(15)11-10-12-4-2-1-3-5-12;20-16-18-17-15(14-9-5-2-6-10-14)19(16)12-11-13-7-3-1-4-8-13;15-11-6-8-12(9-7-11)18-13(16-17-14(18)19)10-4-2-1-3-5-10/h1-9H,10-11H2,(H,22,24);2-10H,11-12H2,1H3,(H,19,22);2-10H,11-12H2,1H3,(H,19,21);1-9H,10-11H2,(H,19,21);1-10H,11-12H2,(H,18,20);1-9H,(H,17,19). The molecule has 642 valence electrons. The molecule has 0 aliphatic carbocycles. The van der Waals surface area contributed by atoms with E-state index in [2.05, 4.69) is 174 Å². The summed E-state index contributed by atoms with van der Waals surface area (Å²) in [4.78, 5) is 0. The highest BCUT2D eigenvalue weighted by atomic mass is 35.5. The molecule has 0 bridgehead atoms. The van der Waals surface area contributed by atoms with E-state index in [1.165, 1.54) is 52.1 Å². The first kappa shape index (κ1) is 91.3. The minimum absolute atomic E-state index is 0.278. The van der Waals surface area contributed by atoms with Crippen molar-refractivity contribution < 1.29 is 22.3 Å². The molecule has 127 heavy (non-hydrogen) atoms. The van der Waals surface area contributed by atoms with Gasteiger partial charge in [0.15, 0.2) is 63.6 Å². The van der Waals surface area contributed by atoms with Gasteiger partial charge in [0.25, 0.3) is 0 Å². The molecule has 0 spiro atoms. The van der Waals surface area contributed by atoms with Crippen LogP contribution in [0.5, 0.6) is 5.75 Å². The van der Waals surface area contributed by atoms with Crippen LogP contribution in [0.1, 0.15) is 38.9 Å². The molecule has 0 aliphatic rings. The van der Waals surface area contributed by atoms with Gasteiger partial charge < -0.3 is 4.74 Å². The zero-order chi connectivity index (χ0) is 88.9. The summed E-state index contributed by atoms with van der Waals surface area (Å²) in [7, 11) is 1.66. The van der Waals surface area contributed by atoms with Gasteiger partial charge in [0.2, 0.25) is 0 Å². The number of halogens is 5. The predicted molar refractivity (Wildman–Crippen MR) is 510 cm³/mol. The van der Waals surface area contributed by atoms with Gasteiger partial charge in [-0.25, -0.2) is 4.39 Å². The number of aromatic amines is 6. The second kappa shape index (κ2) is 45.5. The van der Waals surface area contributed by atoms with Crippen molar-refractivity contribution in [3.8, 4) is 79.8 Å². The van der Waals surface area contributed by atoms with E-state index in [0.29, 0.717) is 57.4 Å². The highest BCUT2D eigenvalue weighted by Crippen LogP contribution is 2.32. The summed E-state index contributed by atoms with van der Waals surface area (Å²) < 4.78 is 71.5. The molecule has 18 aromatic rings. The van der Waals surface area contributed by atoms with Gasteiger partial charge in [-0.15, -0.1) is 0 Å². The molecule has 6 heterocycles. The van der Waals surface area contributed by atoms with E-state index in [0.717, 1.165) is 139 Å². The molecule has 0 atom stereocenters. The van der Waals surface area contributed by atoms with Crippen LogP contribution >= 0.6 is 84.9 Å². The normalized spacial score (nSPS) is 10.8. The third-order valence-corrected chi connectivity index (χ3v) is 22.3. The van der Waals surface area contributed by atoms with Gasteiger partial charge in [-0.1, -0.05) is 266 Å². The molecule has 12 aromatic carbocycles. The van der Waals surface area contributed by atoms with E-state index < -0.39 is 11.7 Å². The third-order valence-electron chi connectivity index (χ3n) is 20.2. The smallest absolute Gasteiger partial charge is 0.416 e. The first-order valence-corrected chi connectivity index (χ1v) is 43.3. The van der Waals surface area contributed by atoms with Crippen LogP contribution in [0, 0.1) is 41.4 Å². The molecular weight excluding hydrogens is 1740 g/mol. The maximum Gasteiger partial charge on any atom is 0.416 e. The number of nitrogens with zero attached hydrogens (tertiary/aromatic N) is 12. The Bertz CT molecular complexity index is 6690. The Hall–Kier alpha value is -13.4. The summed E-state index contributed by atoms with van der Waals surface area (Å²) in [5, 5.41) is 43.5. The molecule has 0 saturated carbocycles. The second-order valence-corrected chi connectivity index (χ2v) is 31.5. The Morgan fingerprint density at radius 3 is 0.835 bits per heavy atom. The largest absolute Gasteiger partial charge is 0.497 e. The molecule has 0 radical (unpaired) electrons. The number of aryl methyl sites for hydroxylation is 6. The lowest BCUT2D eigenvalue weighted by Crippen LogP contribution is -2.06. The average Bonchev–Trinajstić information content (AvgIpc) is 1.67. The van der Waals surface area contributed by atoms with Crippen molar-refractivity contribution in [1.82, 2.24) is 88.6 Å². The van der Waals surface area contributed by atoms with Crippen molar-refractivity contribution in [2.24, 2.45) is 0 Å². The minimum Gasteiger partial charge on any atom is -0.497 e. The van der Waals surface area contributed by atoms with Gasteiger partial charge >= 0.3 is 6.18 Å². The summed E-state index contributed by atoms with van der Waals surface area (Å²) in [5.74, 6) is 5.27. The van der Waals surface area contributed by atoms with E-state index in [9.17, 15) is 17.6 Å². The van der Waals surface area contributed by atoms with Gasteiger partial charge in [-0.2, -0.15) is 43.8 Å². The van der Waals surface area contributed by atoms with Gasteiger partial charge in [-0.3, -0.25) is 58.0 Å². The van der Waals surface area contributed by atoms with E-state index in [4.69, 9.17) is 89.6 Å². The van der Waals surface area contributed by atoms with Crippen molar-refractivity contribution in [2.45, 2.75) is 77.9 Å². The number of hydrogen-bond acceptors (Lipinski definition) is 13. The number of aromatic nitrogens is 18. The van der Waals surface area contributed by atoms with Crippen LogP contribution in [-0.4, -0.2) is 95.7 Å². The molecule has 6 N–H and O–H groups in total. The highest BCUT2D eigenvalue weighted by molar-refractivity contribution is 7.72. The second-order valence-electron chi connectivity index (χ2n) is 28.8. The van der Waals surface area contributed by atoms with Crippen LogP contribution in [0.25, 0.3) is 74.0 Å². The molecule has 0 saturated heterocycles. The molecule has 0 amide bonds. The van der Waals surface area contributed by atoms with Crippen LogP contribution in [0.2, 0.25) is 5.02 Å². The SMILES string of the molecule is COc1ccc(-c2n[nH]c(=S)n2CCc2ccccc2)cc1.Cc1ccc(-c2n[nH]c(=S)n2CCc2ccccc2)cc1.FC(F)(F)c1ccc(-c2n[nH]c(=S)n2CCc2ccccc2)cc1.Fc1ccc(-n2c(-c3ccccc3)n[nH]c2=S)cc1.S=c1[nH]nc(-c2ccc(Cl)cc2)n1CCc1ccccc1.S=c1[nH]nc(-c2ccccc2)n1CCc1ccccc1. The third kappa shape index (κ3) is 25.7. The summed E-state index contributed by atoms with van der Waals surface area (Å²) >= 11 is 37.8. The topological polar surface area (TPSA) is 211 Å². The van der Waals surface area contributed by atoms with Gasteiger partial charge in [0.1, 0.15) is 11.6 Å². The van der Waals surface area contributed by atoms with E-state index in [1.54, 1.807) is 28.4 Å². The highest BCUT2D eigenvalue weighted by Gasteiger charge is 2.30. The quantitative estimate of drug-likeness (QED) is 0.0260. The van der Waals surface area contributed by atoms with Crippen molar-refractivity contribution in [2.75, 3.05) is 7.11 Å². The number of methoxy groups -OCH3 is 1. The lowest BCUT2D eigenvalue weighted by Gasteiger charge is -2.09. The maximum atomic E-state index is 13.0. The molecule has 6 aromatic heterocycles. The van der Waals surface area contributed by atoms with Crippen molar-refractivity contribution in [3.63, 3.8) is 0 Å². The van der Waals surface area contributed by atoms with Crippen LogP contribution < -0.4 is 4.74 Å². The minimum atomic E-state index is -4.35. The number of rotatable bonds is 23. The first-order valence-electron chi connectivity index (χ1n) is 40.5. The summed E-state index contributed by atoms with van der Waals surface area (Å²) in [6.07, 6.45) is 0.105. The lowest BCUT2D eigenvalue weighted by atomic mass is 10.1. The molecule has 0 aliphatic heterocycles. The number of alkyl halides is 3. The Kier molecular flexibility index (Phi) is 32.7. The van der Waals surface area contributed by atoms with Gasteiger partial charge in [0.05, 0.1) is 18.4 Å². The summed E-state index contributed by atoms with van der Waals surface area (Å²) in [5.41, 5.74) is 13.4. The number of ether oxygens (including phenoxy) is 1. The van der Waals surface area contributed by atoms with Gasteiger partial charge in [-0.05, 0) is 225 Å². The fourth-order valence-corrected chi connectivity index (χ4v) is 15.0. The van der Waals surface area contributed by atoms with Crippen molar-refractivity contribution in [3.05, 3.63) is 412 Å². The maximum absolute atomic E-state index is 13.0. The predicted octanol–water partition coefficient (Wildman–Crippen LogP) is 25.0. The van der Waals surface area contributed by atoms with Crippen molar-refractivity contribution in [1.29, 1.82) is 0 Å². The monoisotopic (exact) mass is 1820 g/mol. The van der Waals surface area contributed by atoms with E-state index in [-0.39, 0.29) is 5.82 Å². The molecule has 18 rings (SSSR count). The number of nitrogens with one attached hydrogen (secondary N) is 6. The molecule has 19 nitrogen and oxygen atoms in total. The Labute approximate surface area is 766 Å². The lowest BCUT2D eigenvalue weighted by molar-refractivity contribution is -0.137. The van der Waals surface area contributed by atoms with Gasteiger partial charge in [0, 0.05) is 71.1 Å². The van der Waals surface area contributed by atoms with Crippen LogP contribution in [-0.2, 0) is 71.0 Å². The zero-order valence-electron chi connectivity index (χ0n) is 68.9. The van der Waals surface area contributed by atoms with E-state index in [1.807, 2.05) is 197 Å². The average molecular weight is 1820 g/mol. The number of hydrogen-bond donors (Lipinski definition) is 6. The molecule has 30 heteroatoms. The summed E-state index contributed by atoms with van der Waals surface area (Å²) in [6, 6.07) is 106. The first-order chi connectivity index (χ1) is 61.8. The van der Waals surface area contributed by atoms with E-state index >= 15 is 0 Å². The fraction of sp³-hybridized carbons (Fsp3) is 0.134. The number of H-pyrrole nitrogens is 6. The zero-order valence-corrected chi connectivity index (χ0v) is 74.6. The Morgan fingerprint density at radius 1 is 0.299 bits per heavy atom. The number of benzene rings is 12. The van der Waals surface area contributed by atoms with Crippen LogP contribution in [0.4, 0.5) is 17.6 Å². The van der Waals surface area contributed by atoms with Crippen LogP contribution in [0.15, 0.2) is 334 Å².